The lowest BCUT2D eigenvalue weighted by molar-refractivity contribution is -0.114. The van der Waals surface area contributed by atoms with E-state index in [4.69, 9.17) is 9.15 Å². The molecule has 0 saturated heterocycles. The molecule has 2 aromatic heterocycles. The largest absolute Gasteiger partial charge is 0.456 e. The van der Waals surface area contributed by atoms with Crippen LogP contribution in [0, 0.1) is 0 Å². The number of nitrogens with one attached hydrogen (secondary N) is 1. The van der Waals surface area contributed by atoms with Gasteiger partial charge in [-0.25, -0.2) is 14.3 Å². The molecular weight excluding hydrogens is 450 g/mol. The number of carbonyl (C=O) groups excluding carboxylic acids is 2. The van der Waals surface area contributed by atoms with Crippen molar-refractivity contribution in [3.63, 3.8) is 0 Å². The third-order valence-electron chi connectivity index (χ3n) is 5.54. The average Bonchev–Trinajstić information content (AvgIpc) is 2.83. The maximum absolute atomic E-state index is 13.1. The normalized spacial score (nSPS) is 11.0. The number of benzene rings is 2. The predicted octanol–water partition coefficient (Wildman–Crippen LogP) is 4.01. The summed E-state index contributed by atoms with van der Waals surface area (Å²) in [5.74, 6) is -0.964. The molecule has 4 rings (SSSR count). The summed E-state index contributed by atoms with van der Waals surface area (Å²) in [7, 11) is 0. The summed E-state index contributed by atoms with van der Waals surface area (Å²) in [4.78, 5) is 49.3. The van der Waals surface area contributed by atoms with E-state index in [-0.39, 0.29) is 29.4 Å². The molecule has 2 heterocycles. The first-order chi connectivity index (χ1) is 16.9. The van der Waals surface area contributed by atoms with Gasteiger partial charge in [0, 0.05) is 47.6 Å². The molecule has 180 valence electrons. The van der Waals surface area contributed by atoms with Gasteiger partial charge in [-0.05, 0) is 24.6 Å². The Kier molecular flexibility index (Phi) is 7.05. The van der Waals surface area contributed by atoms with Gasteiger partial charge in [0.25, 0.3) is 5.56 Å². The van der Waals surface area contributed by atoms with Crippen LogP contribution in [0.2, 0.25) is 0 Å². The van der Waals surface area contributed by atoms with Crippen LogP contribution in [0.1, 0.15) is 49.2 Å². The van der Waals surface area contributed by atoms with E-state index in [1.807, 2.05) is 0 Å². The fourth-order valence-corrected chi connectivity index (χ4v) is 3.89. The molecule has 0 radical (unpaired) electrons. The third kappa shape index (κ3) is 5.29. The van der Waals surface area contributed by atoms with Crippen LogP contribution in [0.3, 0.4) is 0 Å². The van der Waals surface area contributed by atoms with E-state index in [1.165, 1.54) is 23.7 Å². The molecule has 0 fully saturated rings. The highest BCUT2D eigenvalue weighted by molar-refractivity contribution is 6.02. The fraction of sp³-hybridized carbons (Fsp3) is 0.269. The first kappa shape index (κ1) is 23.9. The number of hydrogen-bond donors (Lipinski definition) is 1. The van der Waals surface area contributed by atoms with Crippen LogP contribution in [-0.4, -0.2) is 21.7 Å². The zero-order valence-electron chi connectivity index (χ0n) is 19.5. The Morgan fingerprint density at radius 3 is 2.54 bits per heavy atom. The van der Waals surface area contributed by atoms with Gasteiger partial charge in [0.05, 0.1) is 5.39 Å². The van der Waals surface area contributed by atoms with Gasteiger partial charge in [0.1, 0.15) is 12.2 Å². The maximum atomic E-state index is 13.1. The van der Waals surface area contributed by atoms with Crippen LogP contribution in [0.25, 0.3) is 21.7 Å². The topological polar surface area (TPSA) is 120 Å². The Balaban J connectivity index is 1.65. The highest BCUT2D eigenvalue weighted by Crippen LogP contribution is 2.23. The second-order valence-electron chi connectivity index (χ2n) is 8.19. The van der Waals surface area contributed by atoms with E-state index in [1.54, 1.807) is 36.4 Å². The summed E-state index contributed by atoms with van der Waals surface area (Å²) in [5.41, 5.74) is 0.342. The third-order valence-corrected chi connectivity index (χ3v) is 5.54. The van der Waals surface area contributed by atoms with Crippen molar-refractivity contribution in [1.82, 2.24) is 9.78 Å². The highest BCUT2D eigenvalue weighted by atomic mass is 16.5. The summed E-state index contributed by atoms with van der Waals surface area (Å²) < 4.78 is 12.1. The van der Waals surface area contributed by atoms with E-state index >= 15 is 0 Å². The van der Waals surface area contributed by atoms with E-state index in [9.17, 15) is 19.2 Å². The highest BCUT2D eigenvalue weighted by Gasteiger charge is 2.19. The van der Waals surface area contributed by atoms with Gasteiger partial charge in [0.2, 0.25) is 5.91 Å². The lowest BCUT2D eigenvalue weighted by atomic mass is 10.1. The zero-order valence-corrected chi connectivity index (χ0v) is 19.5. The molecule has 0 aliphatic carbocycles. The molecule has 0 aliphatic heterocycles. The minimum Gasteiger partial charge on any atom is -0.456 e. The molecule has 4 aromatic rings. The smallest absolute Gasteiger partial charge is 0.359 e. The molecule has 0 saturated carbocycles. The molecule has 35 heavy (non-hydrogen) atoms. The number of ether oxygens (including phenoxy) is 1. The molecular formula is C26H25N3O6. The van der Waals surface area contributed by atoms with Crippen molar-refractivity contribution < 1.29 is 18.7 Å². The maximum Gasteiger partial charge on any atom is 0.359 e. The Morgan fingerprint density at radius 2 is 1.80 bits per heavy atom. The second-order valence-corrected chi connectivity index (χ2v) is 8.19. The van der Waals surface area contributed by atoms with Crippen molar-refractivity contribution in [3.8, 4) is 0 Å². The van der Waals surface area contributed by atoms with Crippen LogP contribution >= 0.6 is 0 Å². The van der Waals surface area contributed by atoms with E-state index < -0.39 is 11.6 Å². The summed E-state index contributed by atoms with van der Waals surface area (Å²) in [5, 5.41) is 8.31. The number of amides is 1. The first-order valence-corrected chi connectivity index (χ1v) is 11.4. The molecule has 0 unspecified atom stereocenters. The lowest BCUT2D eigenvalue weighted by Crippen LogP contribution is -2.26. The van der Waals surface area contributed by atoms with Gasteiger partial charge >= 0.3 is 11.6 Å². The number of esters is 1. The number of unbranched alkanes of at least 4 members (excludes halogenated alkanes) is 2. The van der Waals surface area contributed by atoms with Crippen LogP contribution in [0.15, 0.2) is 62.5 Å². The van der Waals surface area contributed by atoms with Crippen molar-refractivity contribution in [1.29, 1.82) is 0 Å². The van der Waals surface area contributed by atoms with Gasteiger partial charge < -0.3 is 14.5 Å². The Hall–Kier alpha value is -4.27. The average molecular weight is 476 g/mol. The van der Waals surface area contributed by atoms with Crippen molar-refractivity contribution in [2.45, 2.75) is 46.3 Å². The monoisotopic (exact) mass is 475 g/mol. The molecule has 1 N–H and O–H groups in total. The molecule has 9 heteroatoms. The molecule has 2 aromatic carbocycles. The Labute approximate surface area is 200 Å². The quantitative estimate of drug-likeness (QED) is 0.232. The molecule has 0 bridgehead atoms. The van der Waals surface area contributed by atoms with Crippen LogP contribution in [0.5, 0.6) is 0 Å². The molecule has 0 atom stereocenters. The van der Waals surface area contributed by atoms with E-state index in [2.05, 4.69) is 17.3 Å². The Bertz CT molecular complexity index is 1540. The van der Waals surface area contributed by atoms with Gasteiger partial charge in [-0.2, -0.15) is 5.10 Å². The van der Waals surface area contributed by atoms with Crippen LogP contribution in [-0.2, 0) is 22.7 Å². The number of aromatic nitrogens is 2. The molecule has 0 aliphatic rings. The number of rotatable bonds is 8. The van der Waals surface area contributed by atoms with Gasteiger partial charge in [-0.3, -0.25) is 9.59 Å². The molecule has 1 amide bonds. The minimum absolute atomic E-state index is 0.0388. The van der Waals surface area contributed by atoms with Crippen LogP contribution < -0.4 is 16.5 Å². The summed E-state index contributed by atoms with van der Waals surface area (Å²) in [6.07, 6.45) is 2.69. The zero-order chi connectivity index (χ0) is 24.9. The fourth-order valence-electron chi connectivity index (χ4n) is 3.89. The van der Waals surface area contributed by atoms with Crippen molar-refractivity contribution in [2.24, 2.45) is 0 Å². The van der Waals surface area contributed by atoms with Gasteiger partial charge in [-0.15, -0.1) is 0 Å². The van der Waals surface area contributed by atoms with Crippen molar-refractivity contribution in [2.75, 3.05) is 5.32 Å². The number of hydrogen-bond acceptors (Lipinski definition) is 7. The predicted molar refractivity (Wildman–Crippen MR) is 131 cm³/mol. The molecule has 0 spiro atoms. The van der Waals surface area contributed by atoms with Gasteiger partial charge in [-0.1, -0.05) is 38.0 Å². The minimum atomic E-state index is -0.707. The van der Waals surface area contributed by atoms with E-state index in [0.717, 1.165) is 19.3 Å². The summed E-state index contributed by atoms with van der Waals surface area (Å²) in [6.45, 7) is 3.64. The number of anilines is 1. The first-order valence-electron chi connectivity index (χ1n) is 11.4. The standard InChI is InChI=1S/C26H25N3O6/c1-3-4-7-12-29-25(32)21-9-6-5-8-20(21)24(28-29)26(33)34-15-17-13-23(31)35-22-14-18(27-16(2)30)10-11-19(17)22/h5-6,8-11,13-14H,3-4,7,12,15H2,1-2H3,(H,27,30). The molecule has 9 nitrogen and oxygen atoms in total. The van der Waals surface area contributed by atoms with E-state index in [0.29, 0.717) is 34.0 Å². The van der Waals surface area contributed by atoms with Crippen molar-refractivity contribution >= 4 is 39.3 Å². The van der Waals surface area contributed by atoms with Crippen LogP contribution in [0.4, 0.5) is 5.69 Å². The number of aryl methyl sites for hydroxylation is 1. The Morgan fingerprint density at radius 1 is 1.03 bits per heavy atom. The lowest BCUT2D eigenvalue weighted by Gasteiger charge is -2.12. The number of carbonyl (C=O) groups is 2. The second kappa shape index (κ2) is 10.3. The number of fused-ring (bicyclic) bond motifs is 2. The van der Waals surface area contributed by atoms with Crippen molar-refractivity contribution in [3.05, 3.63) is 80.6 Å². The summed E-state index contributed by atoms with van der Waals surface area (Å²) in [6, 6.07) is 12.9. The summed E-state index contributed by atoms with van der Waals surface area (Å²) >= 11 is 0. The van der Waals surface area contributed by atoms with Gasteiger partial charge in [0.15, 0.2) is 5.69 Å². The number of nitrogens with zero attached hydrogens (tertiary/aromatic N) is 2. The SMILES string of the molecule is CCCCCn1nc(C(=O)OCc2cc(=O)oc3cc(NC(C)=O)ccc23)c2ccccc2c1=O.